The average Bonchev–Trinajstić information content (AvgIpc) is 2.76. The Kier molecular flexibility index (Phi) is 4.31. The van der Waals surface area contributed by atoms with Crippen molar-refractivity contribution >= 4 is 5.69 Å². The van der Waals surface area contributed by atoms with Gasteiger partial charge in [-0.3, -0.25) is 0 Å². The van der Waals surface area contributed by atoms with Crippen LogP contribution in [0.4, 0.5) is 5.69 Å². The molecule has 0 aliphatic heterocycles. The zero-order valence-electron chi connectivity index (χ0n) is 12.5. The predicted molar refractivity (Wildman–Crippen MR) is 82.7 cm³/mol. The molecule has 1 N–H and O–H groups in total. The Bertz CT molecular complexity index is 529. The van der Waals surface area contributed by atoms with E-state index in [9.17, 15) is 0 Å². The summed E-state index contributed by atoms with van der Waals surface area (Å²) >= 11 is 0. The quantitative estimate of drug-likeness (QED) is 0.837. The van der Waals surface area contributed by atoms with E-state index in [1.807, 2.05) is 0 Å². The van der Waals surface area contributed by atoms with E-state index >= 15 is 0 Å². The molecule has 0 fully saturated rings. The number of nitrogens with zero attached hydrogens (tertiary/aromatic N) is 1. The molecule has 0 spiro atoms. The minimum atomic E-state index is 0.887. The van der Waals surface area contributed by atoms with Gasteiger partial charge in [-0.25, -0.2) is 0 Å². The van der Waals surface area contributed by atoms with Crippen LogP contribution in [0, 0.1) is 20.8 Å². The number of aryl methyl sites for hydroxylation is 4. The molecular weight excluding hydrogens is 232 g/mol. The van der Waals surface area contributed by atoms with Crippen molar-refractivity contribution in [2.24, 2.45) is 0 Å². The number of hydrogen-bond donors (Lipinski definition) is 1. The van der Waals surface area contributed by atoms with Crippen LogP contribution in [0.3, 0.4) is 0 Å². The van der Waals surface area contributed by atoms with Crippen molar-refractivity contribution in [3.63, 3.8) is 0 Å². The van der Waals surface area contributed by atoms with Crippen LogP contribution < -0.4 is 5.32 Å². The molecule has 0 aliphatic rings. The largest absolute Gasteiger partial charge is 0.379 e. The third kappa shape index (κ3) is 3.19. The van der Waals surface area contributed by atoms with E-state index in [1.165, 1.54) is 34.5 Å². The first-order chi connectivity index (χ1) is 9.11. The lowest BCUT2D eigenvalue weighted by molar-refractivity contribution is 0.654. The smallest absolute Gasteiger partial charge is 0.0553 e. The lowest BCUT2D eigenvalue weighted by Gasteiger charge is -2.15. The van der Waals surface area contributed by atoms with Crippen LogP contribution in [-0.2, 0) is 13.1 Å². The number of rotatable bonds is 5. The second kappa shape index (κ2) is 5.96. The molecule has 0 amide bonds. The predicted octanol–water partition coefficient (Wildman–Crippen LogP) is 4.44. The zero-order valence-corrected chi connectivity index (χ0v) is 12.5. The number of aromatic nitrogens is 1. The van der Waals surface area contributed by atoms with E-state index in [1.54, 1.807) is 0 Å². The lowest BCUT2D eigenvalue weighted by atomic mass is 10.1. The van der Waals surface area contributed by atoms with Gasteiger partial charge in [0.15, 0.2) is 0 Å². The fraction of sp³-hybridized carbons (Fsp3) is 0.412. The molecule has 2 nitrogen and oxygen atoms in total. The van der Waals surface area contributed by atoms with Crippen LogP contribution in [-0.4, -0.2) is 4.57 Å². The highest BCUT2D eigenvalue weighted by Crippen LogP contribution is 2.22. The minimum absolute atomic E-state index is 0.887. The topological polar surface area (TPSA) is 17.0 Å². The van der Waals surface area contributed by atoms with E-state index < -0.39 is 0 Å². The SMILES string of the molecule is CCCn1cccc1CNc1c(C)cc(C)cc1C. The maximum Gasteiger partial charge on any atom is 0.0553 e. The minimum Gasteiger partial charge on any atom is -0.379 e. The number of nitrogens with one attached hydrogen (secondary N) is 1. The third-order valence-corrected chi connectivity index (χ3v) is 3.51. The van der Waals surface area contributed by atoms with Crippen molar-refractivity contribution in [1.82, 2.24) is 4.57 Å². The summed E-state index contributed by atoms with van der Waals surface area (Å²) in [6.07, 6.45) is 3.33. The molecular formula is C17H24N2. The van der Waals surface area contributed by atoms with Crippen LogP contribution >= 0.6 is 0 Å². The maximum atomic E-state index is 3.59. The first kappa shape index (κ1) is 13.7. The van der Waals surface area contributed by atoms with Gasteiger partial charge in [0.1, 0.15) is 0 Å². The summed E-state index contributed by atoms with van der Waals surface area (Å²) in [6, 6.07) is 8.80. The van der Waals surface area contributed by atoms with Gasteiger partial charge in [-0.15, -0.1) is 0 Å². The molecule has 0 radical (unpaired) electrons. The van der Waals surface area contributed by atoms with Gasteiger partial charge in [-0.1, -0.05) is 24.6 Å². The molecule has 0 unspecified atom stereocenters. The van der Waals surface area contributed by atoms with Crippen molar-refractivity contribution in [2.75, 3.05) is 5.32 Å². The molecule has 0 saturated carbocycles. The number of anilines is 1. The first-order valence-corrected chi connectivity index (χ1v) is 7.07. The van der Waals surface area contributed by atoms with Crippen molar-refractivity contribution in [3.05, 3.63) is 52.8 Å². The van der Waals surface area contributed by atoms with Gasteiger partial charge in [0.25, 0.3) is 0 Å². The highest BCUT2D eigenvalue weighted by Gasteiger charge is 2.05. The monoisotopic (exact) mass is 256 g/mol. The summed E-state index contributed by atoms with van der Waals surface area (Å²) in [6.45, 7) is 10.7. The second-order valence-corrected chi connectivity index (χ2v) is 5.32. The highest BCUT2D eigenvalue weighted by atomic mass is 15.0. The molecule has 102 valence electrons. The van der Waals surface area contributed by atoms with Crippen LogP contribution in [0.15, 0.2) is 30.5 Å². The van der Waals surface area contributed by atoms with Crippen LogP contribution in [0.1, 0.15) is 35.7 Å². The van der Waals surface area contributed by atoms with Crippen molar-refractivity contribution in [3.8, 4) is 0 Å². The van der Waals surface area contributed by atoms with E-state index in [-0.39, 0.29) is 0 Å². The summed E-state index contributed by atoms with van der Waals surface area (Å²) in [5, 5.41) is 3.59. The van der Waals surface area contributed by atoms with Gasteiger partial charge in [-0.2, -0.15) is 0 Å². The molecule has 2 rings (SSSR count). The summed E-state index contributed by atoms with van der Waals surface area (Å²) in [5.41, 5.74) is 6.60. The Hall–Kier alpha value is -1.70. The first-order valence-electron chi connectivity index (χ1n) is 7.07. The standard InChI is InChI=1S/C17H24N2/c1-5-8-19-9-6-7-16(19)12-18-17-14(3)10-13(2)11-15(17)4/h6-7,9-11,18H,5,8,12H2,1-4H3. The molecule has 2 heteroatoms. The fourth-order valence-electron chi connectivity index (χ4n) is 2.71. The molecule has 0 saturated heterocycles. The van der Waals surface area contributed by atoms with Crippen LogP contribution in [0.25, 0.3) is 0 Å². The molecule has 0 atom stereocenters. The molecule has 1 heterocycles. The van der Waals surface area contributed by atoms with Crippen LogP contribution in [0.2, 0.25) is 0 Å². The highest BCUT2D eigenvalue weighted by molar-refractivity contribution is 5.58. The van der Waals surface area contributed by atoms with E-state index in [4.69, 9.17) is 0 Å². The van der Waals surface area contributed by atoms with E-state index in [2.05, 4.69) is 68.0 Å². The summed E-state index contributed by atoms with van der Waals surface area (Å²) < 4.78 is 2.33. The summed E-state index contributed by atoms with van der Waals surface area (Å²) in [4.78, 5) is 0. The molecule has 2 aromatic rings. The van der Waals surface area contributed by atoms with Crippen molar-refractivity contribution in [2.45, 2.75) is 47.2 Å². The normalized spacial score (nSPS) is 10.7. The number of benzene rings is 1. The Labute approximate surface area is 116 Å². The molecule has 0 bridgehead atoms. The number of hydrogen-bond acceptors (Lipinski definition) is 1. The second-order valence-electron chi connectivity index (χ2n) is 5.32. The third-order valence-electron chi connectivity index (χ3n) is 3.51. The van der Waals surface area contributed by atoms with Crippen molar-refractivity contribution < 1.29 is 0 Å². The van der Waals surface area contributed by atoms with Gasteiger partial charge in [-0.05, 0) is 50.5 Å². The molecule has 1 aromatic carbocycles. The van der Waals surface area contributed by atoms with Crippen molar-refractivity contribution in [1.29, 1.82) is 0 Å². The zero-order chi connectivity index (χ0) is 13.8. The van der Waals surface area contributed by atoms with E-state index in [0.717, 1.165) is 13.1 Å². The van der Waals surface area contributed by atoms with Gasteiger partial charge >= 0.3 is 0 Å². The molecule has 0 aliphatic carbocycles. The molecule has 1 aromatic heterocycles. The maximum absolute atomic E-state index is 3.59. The fourth-order valence-corrected chi connectivity index (χ4v) is 2.71. The Morgan fingerprint density at radius 1 is 1.11 bits per heavy atom. The summed E-state index contributed by atoms with van der Waals surface area (Å²) in [7, 11) is 0. The lowest BCUT2D eigenvalue weighted by Crippen LogP contribution is -2.08. The van der Waals surface area contributed by atoms with Gasteiger partial charge < -0.3 is 9.88 Å². The van der Waals surface area contributed by atoms with E-state index in [0.29, 0.717) is 0 Å². The Morgan fingerprint density at radius 2 is 1.79 bits per heavy atom. The Morgan fingerprint density at radius 3 is 2.42 bits per heavy atom. The Balaban J connectivity index is 2.12. The van der Waals surface area contributed by atoms with Gasteiger partial charge in [0.05, 0.1) is 6.54 Å². The van der Waals surface area contributed by atoms with Gasteiger partial charge in [0, 0.05) is 24.1 Å². The average molecular weight is 256 g/mol. The van der Waals surface area contributed by atoms with Crippen LogP contribution in [0.5, 0.6) is 0 Å². The van der Waals surface area contributed by atoms with Gasteiger partial charge in [0.2, 0.25) is 0 Å². The summed E-state index contributed by atoms with van der Waals surface area (Å²) in [5.74, 6) is 0. The molecule has 19 heavy (non-hydrogen) atoms.